The molecular formula is C20H22O4S. The average molecular weight is 358 g/mol. The van der Waals surface area contributed by atoms with Gasteiger partial charge in [0.15, 0.2) is 0 Å². The zero-order chi connectivity index (χ0) is 18.2. The second-order valence-electron chi connectivity index (χ2n) is 5.90. The van der Waals surface area contributed by atoms with E-state index in [0.717, 1.165) is 30.6 Å². The Labute approximate surface area is 151 Å². The molecule has 0 aliphatic rings. The van der Waals surface area contributed by atoms with Crippen molar-refractivity contribution in [3.63, 3.8) is 0 Å². The fourth-order valence-corrected chi connectivity index (χ4v) is 3.46. The molecule has 0 aliphatic heterocycles. The third kappa shape index (κ3) is 5.29. The van der Waals surface area contributed by atoms with E-state index in [-0.39, 0.29) is 17.0 Å². The van der Waals surface area contributed by atoms with Crippen molar-refractivity contribution in [3.05, 3.63) is 63.4 Å². The zero-order valence-electron chi connectivity index (χ0n) is 14.1. The quantitative estimate of drug-likeness (QED) is 0.619. The van der Waals surface area contributed by atoms with Gasteiger partial charge in [-0.15, -0.1) is 11.3 Å². The van der Waals surface area contributed by atoms with Gasteiger partial charge in [0, 0.05) is 4.88 Å². The summed E-state index contributed by atoms with van der Waals surface area (Å²) >= 11 is 1.66. The first-order valence-electron chi connectivity index (χ1n) is 8.33. The van der Waals surface area contributed by atoms with Crippen LogP contribution in [0.2, 0.25) is 0 Å². The number of carboxylic acids is 2. The van der Waals surface area contributed by atoms with Crippen LogP contribution >= 0.6 is 11.3 Å². The van der Waals surface area contributed by atoms with Crippen molar-refractivity contribution < 1.29 is 19.8 Å². The lowest BCUT2D eigenvalue weighted by Gasteiger charge is -2.18. The monoisotopic (exact) mass is 358 g/mol. The van der Waals surface area contributed by atoms with Crippen molar-refractivity contribution in [2.45, 2.75) is 38.5 Å². The van der Waals surface area contributed by atoms with E-state index >= 15 is 0 Å². The molecule has 1 unspecified atom stereocenters. The third-order valence-electron chi connectivity index (χ3n) is 4.12. The molecule has 0 saturated carbocycles. The summed E-state index contributed by atoms with van der Waals surface area (Å²) in [4.78, 5) is 23.9. The van der Waals surface area contributed by atoms with Crippen molar-refractivity contribution in [3.8, 4) is 0 Å². The topological polar surface area (TPSA) is 74.6 Å². The van der Waals surface area contributed by atoms with Crippen LogP contribution in [0.3, 0.4) is 0 Å². The van der Waals surface area contributed by atoms with Crippen LogP contribution in [0.5, 0.6) is 0 Å². The number of carboxylic acid groups (broad SMARTS) is 2. The number of hydrogen-bond donors (Lipinski definition) is 2. The SMILES string of the molecule is CCCCC(CC=Cc1cccs1)c1ccc(C(=O)O)cc1C(=O)O. The lowest BCUT2D eigenvalue weighted by atomic mass is 9.86. The standard InChI is InChI=1S/C20H22O4S/c1-2-3-6-14(7-4-8-16-9-5-12-25-16)17-11-10-15(19(21)22)13-18(17)20(23)24/h4-5,8-14H,2-3,6-7H2,1H3,(H,21,22)(H,23,24). The molecule has 1 heterocycles. The first-order chi connectivity index (χ1) is 12.0. The van der Waals surface area contributed by atoms with Gasteiger partial charge >= 0.3 is 11.9 Å². The fraction of sp³-hybridized carbons (Fsp3) is 0.300. The number of carbonyl (C=O) groups is 2. The summed E-state index contributed by atoms with van der Waals surface area (Å²) in [7, 11) is 0. The number of benzene rings is 1. The third-order valence-corrected chi connectivity index (χ3v) is 4.96. The summed E-state index contributed by atoms with van der Waals surface area (Å²) in [5.74, 6) is -2.14. The molecule has 132 valence electrons. The highest BCUT2D eigenvalue weighted by Gasteiger charge is 2.20. The average Bonchev–Trinajstić information content (AvgIpc) is 3.10. The Balaban J connectivity index is 2.29. The van der Waals surface area contributed by atoms with Crippen LogP contribution in [0, 0.1) is 0 Å². The van der Waals surface area contributed by atoms with Gasteiger partial charge in [0.1, 0.15) is 0 Å². The normalized spacial score (nSPS) is 12.4. The highest BCUT2D eigenvalue weighted by atomic mass is 32.1. The molecule has 0 aliphatic carbocycles. The maximum atomic E-state index is 11.6. The minimum Gasteiger partial charge on any atom is -0.478 e. The molecule has 2 rings (SSSR count). The van der Waals surface area contributed by atoms with Gasteiger partial charge in [-0.25, -0.2) is 9.59 Å². The lowest BCUT2D eigenvalue weighted by molar-refractivity contribution is 0.0694. The highest BCUT2D eigenvalue weighted by molar-refractivity contribution is 7.10. The van der Waals surface area contributed by atoms with E-state index in [0.29, 0.717) is 5.56 Å². The lowest BCUT2D eigenvalue weighted by Crippen LogP contribution is -2.10. The Morgan fingerprint density at radius 3 is 2.60 bits per heavy atom. The van der Waals surface area contributed by atoms with Crippen molar-refractivity contribution in [2.75, 3.05) is 0 Å². The van der Waals surface area contributed by atoms with Gasteiger partial charge < -0.3 is 10.2 Å². The van der Waals surface area contributed by atoms with E-state index in [2.05, 4.69) is 19.1 Å². The largest absolute Gasteiger partial charge is 0.478 e. The van der Waals surface area contributed by atoms with Gasteiger partial charge in [0.25, 0.3) is 0 Å². The molecule has 1 aromatic carbocycles. The highest BCUT2D eigenvalue weighted by Crippen LogP contribution is 2.30. The summed E-state index contributed by atoms with van der Waals surface area (Å²) in [6.07, 6.45) is 7.75. The maximum Gasteiger partial charge on any atom is 0.335 e. The van der Waals surface area contributed by atoms with Gasteiger partial charge in [-0.2, -0.15) is 0 Å². The molecule has 0 fully saturated rings. The van der Waals surface area contributed by atoms with Gasteiger partial charge in [0.05, 0.1) is 11.1 Å². The molecule has 2 N–H and O–H groups in total. The second-order valence-corrected chi connectivity index (χ2v) is 6.88. The number of thiophene rings is 1. The van der Waals surface area contributed by atoms with E-state index in [4.69, 9.17) is 5.11 Å². The van der Waals surface area contributed by atoms with Crippen molar-refractivity contribution >= 4 is 29.4 Å². The molecule has 0 radical (unpaired) electrons. The van der Waals surface area contributed by atoms with E-state index in [9.17, 15) is 14.7 Å². The fourth-order valence-electron chi connectivity index (χ4n) is 2.82. The van der Waals surface area contributed by atoms with Crippen LogP contribution in [0.15, 0.2) is 41.8 Å². The van der Waals surface area contributed by atoms with Crippen molar-refractivity contribution in [1.82, 2.24) is 0 Å². The Morgan fingerprint density at radius 1 is 1.20 bits per heavy atom. The van der Waals surface area contributed by atoms with Gasteiger partial charge in [-0.3, -0.25) is 0 Å². The van der Waals surface area contributed by atoms with Crippen molar-refractivity contribution in [2.24, 2.45) is 0 Å². The Hall–Kier alpha value is -2.40. The molecule has 1 atom stereocenters. The van der Waals surface area contributed by atoms with Crippen LogP contribution < -0.4 is 0 Å². The summed E-state index contributed by atoms with van der Waals surface area (Å²) < 4.78 is 0. The summed E-state index contributed by atoms with van der Waals surface area (Å²) in [5, 5.41) is 20.6. The molecule has 5 heteroatoms. The molecule has 0 saturated heterocycles. The molecule has 0 spiro atoms. The minimum atomic E-state index is -1.11. The molecule has 4 nitrogen and oxygen atoms in total. The zero-order valence-corrected chi connectivity index (χ0v) is 15.0. The van der Waals surface area contributed by atoms with Gasteiger partial charge in [0.2, 0.25) is 0 Å². The van der Waals surface area contributed by atoms with Gasteiger partial charge in [-0.05, 0) is 54.0 Å². The maximum absolute atomic E-state index is 11.6. The molecule has 2 aromatic rings. The Morgan fingerprint density at radius 2 is 2.00 bits per heavy atom. The number of unbranched alkanes of at least 4 members (excludes halogenated alkanes) is 1. The summed E-state index contributed by atoms with van der Waals surface area (Å²) in [5.41, 5.74) is 0.803. The number of hydrogen-bond acceptors (Lipinski definition) is 3. The smallest absolute Gasteiger partial charge is 0.335 e. The Kier molecular flexibility index (Phi) is 6.95. The van der Waals surface area contributed by atoms with Crippen LogP contribution in [-0.4, -0.2) is 22.2 Å². The van der Waals surface area contributed by atoms with E-state index in [1.165, 1.54) is 12.1 Å². The second kappa shape index (κ2) is 9.18. The number of aromatic carboxylic acids is 2. The molecule has 0 amide bonds. The predicted molar refractivity (Wildman–Crippen MR) is 101 cm³/mol. The summed E-state index contributed by atoms with van der Waals surface area (Å²) in [6.45, 7) is 2.10. The predicted octanol–water partition coefficient (Wildman–Crippen LogP) is 5.52. The molecule has 25 heavy (non-hydrogen) atoms. The van der Waals surface area contributed by atoms with E-state index in [1.54, 1.807) is 17.4 Å². The molecule has 1 aromatic heterocycles. The van der Waals surface area contributed by atoms with Crippen LogP contribution in [0.1, 0.15) is 69.7 Å². The first-order valence-corrected chi connectivity index (χ1v) is 9.21. The number of rotatable bonds is 9. The number of allylic oxidation sites excluding steroid dienone is 1. The molecule has 0 bridgehead atoms. The Bertz CT molecular complexity index is 747. The van der Waals surface area contributed by atoms with Gasteiger partial charge in [-0.1, -0.05) is 38.0 Å². The van der Waals surface area contributed by atoms with Crippen LogP contribution in [0.4, 0.5) is 0 Å². The first kappa shape index (κ1) is 18.9. The minimum absolute atomic E-state index is 0.00418. The van der Waals surface area contributed by atoms with E-state index in [1.807, 2.05) is 17.5 Å². The van der Waals surface area contributed by atoms with Crippen LogP contribution in [-0.2, 0) is 0 Å². The van der Waals surface area contributed by atoms with E-state index < -0.39 is 11.9 Å². The summed E-state index contributed by atoms with van der Waals surface area (Å²) in [6, 6.07) is 8.44. The molecular weight excluding hydrogens is 336 g/mol. The van der Waals surface area contributed by atoms with Crippen molar-refractivity contribution in [1.29, 1.82) is 0 Å². The van der Waals surface area contributed by atoms with Crippen LogP contribution in [0.25, 0.3) is 6.08 Å².